The highest BCUT2D eigenvalue weighted by molar-refractivity contribution is 5.84. The highest BCUT2D eigenvalue weighted by Gasteiger charge is 2.32. The number of hydroxylamine groups is 1. The minimum atomic E-state index is -0.532. The quantitative estimate of drug-likeness (QED) is 0.0935. The Morgan fingerprint density at radius 3 is 2.62 bits per heavy atom. The van der Waals surface area contributed by atoms with Gasteiger partial charge in [0.05, 0.1) is 5.92 Å². The lowest BCUT2D eigenvalue weighted by atomic mass is 9.79. The predicted molar refractivity (Wildman–Crippen MR) is 153 cm³/mol. The van der Waals surface area contributed by atoms with E-state index in [2.05, 4.69) is 52.3 Å². The van der Waals surface area contributed by atoms with E-state index < -0.39 is 17.9 Å². The largest absolute Gasteiger partial charge is 0.448 e. The van der Waals surface area contributed by atoms with Gasteiger partial charge in [-0.25, -0.2) is 10.3 Å². The SMILES string of the molecule is CCCOCCCNC(=O)OCCN(CCc1c[nH]c2ccccc12)Cc1ccc(C2C#CC2C(=O)NO)cc1. The van der Waals surface area contributed by atoms with Gasteiger partial charge in [-0.1, -0.05) is 61.2 Å². The van der Waals surface area contributed by atoms with Crippen molar-refractivity contribution in [3.63, 3.8) is 0 Å². The number of aromatic nitrogens is 1. The highest BCUT2D eigenvalue weighted by atomic mass is 16.5. The molecule has 1 aliphatic carbocycles. The van der Waals surface area contributed by atoms with Crippen molar-refractivity contribution in [2.45, 2.75) is 38.6 Å². The molecule has 0 bridgehead atoms. The summed E-state index contributed by atoms with van der Waals surface area (Å²) in [7, 11) is 0. The molecule has 0 fully saturated rings. The van der Waals surface area contributed by atoms with Gasteiger partial charge in [-0.2, -0.15) is 0 Å². The van der Waals surface area contributed by atoms with Crippen LogP contribution in [0.5, 0.6) is 0 Å². The number of fused-ring (bicyclic) bond motifs is 1. The molecule has 9 nitrogen and oxygen atoms in total. The van der Waals surface area contributed by atoms with Crippen molar-refractivity contribution in [1.29, 1.82) is 0 Å². The third kappa shape index (κ3) is 8.09. The lowest BCUT2D eigenvalue weighted by molar-refractivity contribution is -0.132. The summed E-state index contributed by atoms with van der Waals surface area (Å²) in [6.07, 6.45) is 4.22. The summed E-state index contributed by atoms with van der Waals surface area (Å²) in [4.78, 5) is 29.5. The van der Waals surface area contributed by atoms with Gasteiger partial charge in [0, 0.05) is 56.5 Å². The van der Waals surface area contributed by atoms with Crippen LogP contribution in [-0.4, -0.2) is 66.5 Å². The Kier molecular flexibility index (Phi) is 11.0. The zero-order valence-electron chi connectivity index (χ0n) is 22.9. The molecule has 2 aromatic carbocycles. The molecule has 4 rings (SSSR count). The van der Waals surface area contributed by atoms with E-state index in [0.29, 0.717) is 26.2 Å². The molecule has 2 unspecified atom stereocenters. The Bertz CT molecular complexity index is 1310. The summed E-state index contributed by atoms with van der Waals surface area (Å²) >= 11 is 0. The molecular weight excluding hydrogens is 508 g/mol. The van der Waals surface area contributed by atoms with Gasteiger partial charge in [0.15, 0.2) is 0 Å². The first-order chi connectivity index (χ1) is 19.6. The number of amides is 2. The Morgan fingerprint density at radius 1 is 1.05 bits per heavy atom. The normalized spacial score (nSPS) is 15.8. The number of rotatable bonds is 16. The molecule has 0 saturated heterocycles. The Morgan fingerprint density at radius 2 is 1.88 bits per heavy atom. The lowest BCUT2D eigenvalue weighted by Gasteiger charge is -2.24. The minimum absolute atomic E-state index is 0.218. The number of para-hydroxylation sites is 1. The fraction of sp³-hybridized carbons (Fsp3) is 0.419. The number of H-pyrrole nitrogens is 1. The zero-order valence-corrected chi connectivity index (χ0v) is 22.9. The van der Waals surface area contributed by atoms with Crippen LogP contribution in [0.3, 0.4) is 0 Å². The van der Waals surface area contributed by atoms with Crippen LogP contribution in [0.4, 0.5) is 4.79 Å². The third-order valence-corrected chi connectivity index (χ3v) is 6.96. The second kappa shape index (κ2) is 15.1. The number of nitrogens with zero attached hydrogens (tertiary/aromatic N) is 1. The molecule has 2 atom stereocenters. The lowest BCUT2D eigenvalue weighted by Crippen LogP contribution is -2.34. The summed E-state index contributed by atoms with van der Waals surface area (Å²) in [5, 5.41) is 12.9. The van der Waals surface area contributed by atoms with Crippen LogP contribution in [-0.2, 0) is 27.2 Å². The average Bonchev–Trinajstić information content (AvgIpc) is 3.37. The number of carbonyl (C=O) groups is 2. The first-order valence-corrected chi connectivity index (χ1v) is 13.9. The summed E-state index contributed by atoms with van der Waals surface area (Å²) < 4.78 is 10.9. The van der Waals surface area contributed by atoms with Crippen molar-refractivity contribution >= 4 is 22.9 Å². The molecule has 4 N–H and O–H groups in total. The minimum Gasteiger partial charge on any atom is -0.448 e. The molecule has 40 heavy (non-hydrogen) atoms. The fourth-order valence-corrected chi connectivity index (χ4v) is 4.72. The molecule has 212 valence electrons. The van der Waals surface area contributed by atoms with Crippen molar-refractivity contribution in [2.24, 2.45) is 5.92 Å². The molecular formula is C31H38N4O5. The van der Waals surface area contributed by atoms with Gasteiger partial charge in [0.2, 0.25) is 0 Å². The van der Waals surface area contributed by atoms with Crippen LogP contribution in [0, 0.1) is 17.8 Å². The predicted octanol–water partition coefficient (Wildman–Crippen LogP) is 3.98. The van der Waals surface area contributed by atoms with Crippen LogP contribution in [0.2, 0.25) is 0 Å². The monoisotopic (exact) mass is 546 g/mol. The van der Waals surface area contributed by atoms with Crippen LogP contribution in [0.15, 0.2) is 54.7 Å². The molecule has 3 aromatic rings. The third-order valence-electron chi connectivity index (χ3n) is 6.96. The van der Waals surface area contributed by atoms with E-state index in [0.717, 1.165) is 49.1 Å². The number of nitrogens with one attached hydrogen (secondary N) is 3. The van der Waals surface area contributed by atoms with Crippen LogP contribution in [0.25, 0.3) is 10.9 Å². The Labute approximate surface area is 235 Å². The Balaban J connectivity index is 1.32. The second-order valence-electron chi connectivity index (χ2n) is 9.88. The van der Waals surface area contributed by atoms with Gasteiger partial charge >= 0.3 is 6.09 Å². The van der Waals surface area contributed by atoms with E-state index in [1.54, 1.807) is 5.48 Å². The van der Waals surface area contributed by atoms with Crippen molar-refractivity contribution < 1.29 is 24.3 Å². The number of benzene rings is 2. The molecule has 1 aromatic heterocycles. The maximum atomic E-state index is 12.1. The molecule has 2 amide bonds. The average molecular weight is 547 g/mol. The van der Waals surface area contributed by atoms with Gasteiger partial charge < -0.3 is 19.8 Å². The molecule has 1 aliphatic rings. The van der Waals surface area contributed by atoms with Crippen molar-refractivity contribution in [1.82, 2.24) is 20.7 Å². The summed E-state index contributed by atoms with van der Waals surface area (Å²) in [5.41, 5.74) is 6.11. The van der Waals surface area contributed by atoms with Crippen molar-refractivity contribution in [2.75, 3.05) is 39.5 Å². The topological polar surface area (TPSA) is 116 Å². The number of hydrogen-bond donors (Lipinski definition) is 4. The number of carbonyl (C=O) groups excluding carboxylic acids is 2. The molecule has 0 radical (unpaired) electrons. The molecule has 0 aliphatic heterocycles. The maximum absolute atomic E-state index is 12.1. The van der Waals surface area contributed by atoms with Gasteiger partial charge in [-0.05, 0) is 42.0 Å². The van der Waals surface area contributed by atoms with E-state index in [1.165, 1.54) is 10.9 Å². The van der Waals surface area contributed by atoms with Gasteiger partial charge in [0.25, 0.3) is 5.91 Å². The van der Waals surface area contributed by atoms with E-state index in [4.69, 9.17) is 14.7 Å². The summed E-state index contributed by atoms with van der Waals surface area (Å²) in [5.74, 6) is 4.58. The summed E-state index contributed by atoms with van der Waals surface area (Å²) in [6.45, 7) is 6.27. The second-order valence-corrected chi connectivity index (χ2v) is 9.88. The van der Waals surface area contributed by atoms with Crippen LogP contribution >= 0.6 is 0 Å². The number of alkyl carbamates (subject to hydrolysis) is 1. The fourth-order valence-electron chi connectivity index (χ4n) is 4.72. The number of ether oxygens (including phenoxy) is 2. The van der Waals surface area contributed by atoms with E-state index in [9.17, 15) is 9.59 Å². The van der Waals surface area contributed by atoms with Crippen LogP contribution in [0.1, 0.15) is 42.4 Å². The van der Waals surface area contributed by atoms with Crippen molar-refractivity contribution in [3.05, 3.63) is 71.4 Å². The summed E-state index contributed by atoms with van der Waals surface area (Å²) in [6, 6.07) is 16.3. The molecule has 9 heteroatoms. The molecule has 0 spiro atoms. The molecule has 1 heterocycles. The van der Waals surface area contributed by atoms with E-state index in [1.807, 2.05) is 36.4 Å². The van der Waals surface area contributed by atoms with E-state index in [-0.39, 0.29) is 12.5 Å². The highest BCUT2D eigenvalue weighted by Crippen LogP contribution is 2.30. The number of hydrogen-bond acceptors (Lipinski definition) is 6. The van der Waals surface area contributed by atoms with Crippen molar-refractivity contribution in [3.8, 4) is 11.8 Å². The van der Waals surface area contributed by atoms with Gasteiger partial charge in [-0.15, -0.1) is 0 Å². The molecule has 0 saturated carbocycles. The van der Waals surface area contributed by atoms with Gasteiger partial charge in [-0.3, -0.25) is 14.9 Å². The zero-order chi connectivity index (χ0) is 28.2. The smallest absolute Gasteiger partial charge is 0.407 e. The standard InChI is InChI=1S/C31H38N4O5/c1-2-18-39-19-5-15-32-31(37)40-20-17-35(16-14-25-21-33-29-7-4-3-6-27(25)29)22-23-8-10-24(11-9-23)26-12-13-28(26)30(36)34-38/h3-4,6-11,21,26,28,33,38H,2,5,14-20,22H2,1H3,(H,32,37)(H,34,36). The maximum Gasteiger partial charge on any atom is 0.407 e. The van der Waals surface area contributed by atoms with Gasteiger partial charge in [0.1, 0.15) is 12.5 Å². The number of aromatic amines is 1. The first-order valence-electron chi connectivity index (χ1n) is 13.9. The van der Waals surface area contributed by atoms with E-state index >= 15 is 0 Å². The Hall–Kier alpha value is -3.84. The first kappa shape index (κ1) is 29.2. The van der Waals surface area contributed by atoms with Crippen LogP contribution < -0.4 is 10.8 Å².